The summed E-state index contributed by atoms with van der Waals surface area (Å²) in [5, 5.41) is 11.6. The van der Waals surface area contributed by atoms with Crippen LogP contribution in [-0.2, 0) is 4.79 Å². The summed E-state index contributed by atoms with van der Waals surface area (Å²) < 4.78 is 41.8. The molecule has 1 heterocycles. The van der Waals surface area contributed by atoms with Crippen molar-refractivity contribution in [1.82, 2.24) is 10.4 Å². The number of carbonyl (C=O) groups excluding carboxylic acids is 1. The lowest BCUT2D eigenvalue weighted by Crippen LogP contribution is -2.51. The molecule has 1 N–H and O–H groups in total. The number of hydrogen-bond acceptors (Lipinski definition) is 3. The number of carbonyl (C=O) groups is 1. The first-order valence-corrected chi connectivity index (χ1v) is 7.72. The van der Waals surface area contributed by atoms with E-state index in [1.807, 2.05) is 6.07 Å². The quantitative estimate of drug-likeness (QED) is 0.898. The molecular formula is C18H16F3N3O. The third kappa shape index (κ3) is 2.94. The first-order valence-electron chi connectivity index (χ1n) is 7.72. The third-order valence-corrected chi connectivity index (χ3v) is 4.43. The van der Waals surface area contributed by atoms with Crippen LogP contribution in [0.5, 0.6) is 0 Å². The standard InChI is InChI=1S/C18H16F3N3O/c1-17(2)9-15(25)23-24(17)16(18(19,20)21)13-8-7-11-5-3-4-6-12(11)14(13)10-22/h3-8,16H,9H2,1-2H3,(H,23,25)/t16-/m0/s1. The van der Waals surface area contributed by atoms with Crippen molar-refractivity contribution in [2.24, 2.45) is 0 Å². The van der Waals surface area contributed by atoms with Gasteiger partial charge >= 0.3 is 6.18 Å². The van der Waals surface area contributed by atoms with Crippen molar-refractivity contribution in [2.45, 2.75) is 38.0 Å². The number of rotatable bonds is 2. The number of alkyl halides is 3. The van der Waals surface area contributed by atoms with Crippen molar-refractivity contribution >= 4 is 16.7 Å². The van der Waals surface area contributed by atoms with Crippen LogP contribution >= 0.6 is 0 Å². The van der Waals surface area contributed by atoms with Crippen molar-refractivity contribution in [3.8, 4) is 6.07 Å². The van der Waals surface area contributed by atoms with E-state index in [-0.39, 0.29) is 17.5 Å². The van der Waals surface area contributed by atoms with Crippen molar-refractivity contribution in [2.75, 3.05) is 0 Å². The Balaban J connectivity index is 2.24. The third-order valence-electron chi connectivity index (χ3n) is 4.43. The smallest absolute Gasteiger partial charge is 0.287 e. The number of hydrazine groups is 1. The minimum Gasteiger partial charge on any atom is -0.287 e. The Morgan fingerprint density at radius 3 is 2.48 bits per heavy atom. The second kappa shape index (κ2) is 5.74. The van der Waals surface area contributed by atoms with Crippen LogP contribution in [0.25, 0.3) is 10.8 Å². The summed E-state index contributed by atoms with van der Waals surface area (Å²) in [6.45, 7) is 3.13. The van der Waals surface area contributed by atoms with Crippen LogP contribution in [0.3, 0.4) is 0 Å². The first kappa shape index (κ1) is 17.2. The predicted octanol–water partition coefficient (Wildman–Crippen LogP) is 3.83. The van der Waals surface area contributed by atoms with Crippen LogP contribution in [0.2, 0.25) is 0 Å². The summed E-state index contributed by atoms with van der Waals surface area (Å²) in [4.78, 5) is 11.7. The maximum atomic E-state index is 13.9. The van der Waals surface area contributed by atoms with Crippen molar-refractivity contribution in [3.63, 3.8) is 0 Å². The molecule has 1 fully saturated rings. The Morgan fingerprint density at radius 1 is 1.24 bits per heavy atom. The number of hydrogen-bond donors (Lipinski definition) is 1. The molecule has 4 nitrogen and oxygen atoms in total. The highest BCUT2D eigenvalue weighted by molar-refractivity contribution is 5.89. The molecule has 0 bridgehead atoms. The van der Waals surface area contributed by atoms with Gasteiger partial charge in [-0.2, -0.15) is 23.4 Å². The van der Waals surface area contributed by atoms with Gasteiger partial charge in [0.25, 0.3) is 0 Å². The molecular weight excluding hydrogens is 331 g/mol. The molecule has 0 unspecified atom stereocenters. The van der Waals surface area contributed by atoms with Gasteiger partial charge in [0, 0.05) is 12.0 Å². The fourth-order valence-electron chi connectivity index (χ4n) is 3.32. The predicted molar refractivity (Wildman–Crippen MR) is 86.1 cm³/mol. The average Bonchev–Trinajstić information content (AvgIpc) is 2.78. The van der Waals surface area contributed by atoms with Crippen LogP contribution < -0.4 is 5.43 Å². The number of amides is 1. The number of nitrogens with zero attached hydrogens (tertiary/aromatic N) is 2. The van der Waals surface area contributed by atoms with E-state index in [4.69, 9.17) is 0 Å². The lowest BCUT2D eigenvalue weighted by Gasteiger charge is -2.38. The van der Waals surface area contributed by atoms with Crippen LogP contribution in [0.4, 0.5) is 13.2 Å². The summed E-state index contributed by atoms with van der Waals surface area (Å²) in [6, 6.07) is 9.49. The van der Waals surface area contributed by atoms with E-state index >= 15 is 0 Å². The Morgan fingerprint density at radius 2 is 1.92 bits per heavy atom. The van der Waals surface area contributed by atoms with Gasteiger partial charge in [0.15, 0.2) is 6.04 Å². The van der Waals surface area contributed by atoms with Crippen molar-refractivity contribution in [1.29, 1.82) is 5.26 Å². The summed E-state index contributed by atoms with van der Waals surface area (Å²) in [5.41, 5.74) is 1.09. The van der Waals surface area contributed by atoms with Gasteiger partial charge in [-0.25, -0.2) is 0 Å². The largest absolute Gasteiger partial charge is 0.409 e. The van der Waals surface area contributed by atoms with Crippen molar-refractivity contribution < 1.29 is 18.0 Å². The Hall–Kier alpha value is -2.59. The highest BCUT2D eigenvalue weighted by Crippen LogP contribution is 2.44. The maximum Gasteiger partial charge on any atom is 0.409 e. The van der Waals surface area contributed by atoms with E-state index in [0.29, 0.717) is 10.8 Å². The highest BCUT2D eigenvalue weighted by atomic mass is 19.4. The normalized spacial score (nSPS) is 18.8. The summed E-state index contributed by atoms with van der Waals surface area (Å²) in [7, 11) is 0. The second-order valence-electron chi connectivity index (χ2n) is 6.70. The Kier molecular flexibility index (Phi) is 3.96. The number of fused-ring (bicyclic) bond motifs is 1. The van der Waals surface area contributed by atoms with Crippen LogP contribution in [0.15, 0.2) is 36.4 Å². The van der Waals surface area contributed by atoms with Crippen LogP contribution in [0.1, 0.15) is 37.4 Å². The van der Waals surface area contributed by atoms with Gasteiger partial charge < -0.3 is 0 Å². The molecule has 0 aliphatic carbocycles. The molecule has 0 radical (unpaired) electrons. The zero-order valence-corrected chi connectivity index (χ0v) is 13.7. The number of halogens is 3. The minimum atomic E-state index is -4.66. The molecule has 2 aromatic rings. The molecule has 0 spiro atoms. The molecule has 0 saturated carbocycles. The molecule has 3 rings (SSSR count). The number of benzene rings is 2. The fraction of sp³-hybridized carbons (Fsp3) is 0.333. The molecule has 1 aliphatic heterocycles. The van der Waals surface area contributed by atoms with Gasteiger partial charge in [-0.3, -0.25) is 10.2 Å². The van der Waals surface area contributed by atoms with Crippen LogP contribution in [0, 0.1) is 11.3 Å². The summed E-state index contributed by atoms with van der Waals surface area (Å²) in [5.74, 6) is -0.474. The molecule has 0 aromatic heterocycles. The monoisotopic (exact) mass is 347 g/mol. The second-order valence-corrected chi connectivity index (χ2v) is 6.70. The minimum absolute atomic E-state index is 0.0302. The van der Waals surface area contributed by atoms with Gasteiger partial charge in [0.05, 0.1) is 5.56 Å². The molecule has 1 aliphatic rings. The Labute approximate surface area is 142 Å². The summed E-state index contributed by atoms with van der Waals surface area (Å²) >= 11 is 0. The van der Waals surface area contributed by atoms with Gasteiger partial charge in [-0.05, 0) is 30.2 Å². The fourth-order valence-corrected chi connectivity index (χ4v) is 3.32. The van der Waals surface area contributed by atoms with E-state index < -0.39 is 23.7 Å². The molecule has 1 amide bonds. The van der Waals surface area contributed by atoms with E-state index in [1.165, 1.54) is 6.07 Å². The van der Waals surface area contributed by atoms with Crippen molar-refractivity contribution in [3.05, 3.63) is 47.5 Å². The van der Waals surface area contributed by atoms with E-state index in [2.05, 4.69) is 5.43 Å². The van der Waals surface area contributed by atoms with Gasteiger partial charge in [0.1, 0.15) is 6.07 Å². The van der Waals surface area contributed by atoms with Gasteiger partial charge in [0.2, 0.25) is 5.91 Å². The molecule has 1 saturated heterocycles. The lowest BCUT2D eigenvalue weighted by atomic mass is 9.92. The molecule has 7 heteroatoms. The van der Waals surface area contributed by atoms with E-state index in [0.717, 1.165) is 5.01 Å². The number of nitriles is 1. The SMILES string of the molecule is CC1(C)CC(=O)NN1[C@@H](c1ccc2ccccc2c1C#N)C(F)(F)F. The van der Waals surface area contributed by atoms with Gasteiger partial charge in [-0.15, -0.1) is 0 Å². The highest BCUT2D eigenvalue weighted by Gasteiger charge is 2.53. The zero-order chi connectivity index (χ0) is 18.4. The molecule has 2 aromatic carbocycles. The van der Waals surface area contributed by atoms with Crippen LogP contribution in [-0.4, -0.2) is 22.6 Å². The zero-order valence-electron chi connectivity index (χ0n) is 13.7. The number of nitrogens with one attached hydrogen (secondary N) is 1. The van der Waals surface area contributed by atoms with E-state index in [1.54, 1.807) is 44.2 Å². The van der Waals surface area contributed by atoms with Gasteiger partial charge in [-0.1, -0.05) is 36.4 Å². The molecule has 25 heavy (non-hydrogen) atoms. The van der Waals surface area contributed by atoms with E-state index in [9.17, 15) is 23.2 Å². The Bertz CT molecular complexity index is 883. The topological polar surface area (TPSA) is 56.1 Å². The first-order chi connectivity index (χ1) is 11.6. The molecule has 130 valence electrons. The lowest BCUT2D eigenvalue weighted by molar-refractivity contribution is -0.203. The maximum absolute atomic E-state index is 13.9. The molecule has 1 atom stereocenters. The average molecular weight is 347 g/mol. The summed E-state index contributed by atoms with van der Waals surface area (Å²) in [6.07, 6.45) is -4.71.